The highest BCUT2D eigenvalue weighted by molar-refractivity contribution is 9.10. The van der Waals surface area contributed by atoms with Gasteiger partial charge in [-0.2, -0.15) is 0 Å². The Morgan fingerprint density at radius 2 is 2.00 bits per heavy atom. The van der Waals surface area contributed by atoms with E-state index in [0.717, 1.165) is 10.2 Å². The summed E-state index contributed by atoms with van der Waals surface area (Å²) in [5, 5.41) is 0. The van der Waals surface area contributed by atoms with Gasteiger partial charge in [0.2, 0.25) is 5.88 Å². The third-order valence-corrected chi connectivity index (χ3v) is 2.51. The monoisotopic (exact) mass is 293 g/mol. The van der Waals surface area contributed by atoms with E-state index in [4.69, 9.17) is 9.47 Å². The van der Waals surface area contributed by atoms with Crippen molar-refractivity contribution in [3.8, 4) is 17.4 Å². The fourth-order valence-corrected chi connectivity index (χ4v) is 1.57. The molecule has 1 heterocycles. The molecule has 0 unspecified atom stereocenters. The molecule has 0 N–H and O–H groups in total. The predicted octanol–water partition coefficient (Wildman–Crippen LogP) is 4.04. The smallest absolute Gasteiger partial charge is 0.219 e. The lowest BCUT2D eigenvalue weighted by Gasteiger charge is -2.07. The van der Waals surface area contributed by atoms with E-state index in [1.807, 2.05) is 37.3 Å². The Labute approximate surface area is 109 Å². The zero-order valence-electron chi connectivity index (χ0n) is 9.39. The van der Waals surface area contributed by atoms with Crippen LogP contribution in [0.4, 0.5) is 0 Å². The highest BCUT2D eigenvalue weighted by Crippen LogP contribution is 2.24. The lowest BCUT2D eigenvalue weighted by Crippen LogP contribution is -1.92. The van der Waals surface area contributed by atoms with Gasteiger partial charge >= 0.3 is 0 Å². The van der Waals surface area contributed by atoms with E-state index in [2.05, 4.69) is 20.9 Å². The number of pyridine rings is 1. The highest BCUT2D eigenvalue weighted by atomic mass is 79.9. The van der Waals surface area contributed by atoms with Gasteiger partial charge in [-0.1, -0.05) is 6.07 Å². The van der Waals surface area contributed by atoms with Crippen LogP contribution in [0.1, 0.15) is 6.92 Å². The van der Waals surface area contributed by atoms with Crippen molar-refractivity contribution in [1.82, 2.24) is 4.98 Å². The predicted molar refractivity (Wildman–Crippen MR) is 69.6 cm³/mol. The zero-order chi connectivity index (χ0) is 12.1. The van der Waals surface area contributed by atoms with Crippen molar-refractivity contribution in [2.45, 2.75) is 6.92 Å². The fraction of sp³-hybridized carbons (Fsp3) is 0.154. The molecule has 0 amide bonds. The largest absolute Gasteiger partial charge is 0.494 e. The van der Waals surface area contributed by atoms with Crippen LogP contribution in [0.25, 0.3) is 0 Å². The molecule has 1 aromatic heterocycles. The molecule has 3 nitrogen and oxygen atoms in total. The molecule has 88 valence electrons. The van der Waals surface area contributed by atoms with Crippen molar-refractivity contribution in [2.24, 2.45) is 0 Å². The van der Waals surface area contributed by atoms with Crippen molar-refractivity contribution in [3.63, 3.8) is 0 Å². The number of benzene rings is 1. The first-order valence-corrected chi connectivity index (χ1v) is 6.09. The summed E-state index contributed by atoms with van der Waals surface area (Å²) in [5.41, 5.74) is 0. The molecular weight excluding hydrogens is 282 g/mol. The molecule has 0 aliphatic carbocycles. The summed E-state index contributed by atoms with van der Waals surface area (Å²) in [5.74, 6) is 2.06. The molecule has 0 atom stereocenters. The molecule has 17 heavy (non-hydrogen) atoms. The van der Waals surface area contributed by atoms with Crippen LogP contribution in [0.5, 0.6) is 17.4 Å². The van der Waals surface area contributed by atoms with Gasteiger partial charge in [0.15, 0.2) is 0 Å². The second-order valence-corrected chi connectivity index (χ2v) is 4.24. The quantitative estimate of drug-likeness (QED) is 0.853. The van der Waals surface area contributed by atoms with Gasteiger partial charge in [0, 0.05) is 22.8 Å². The van der Waals surface area contributed by atoms with Crippen LogP contribution >= 0.6 is 15.9 Å². The third-order valence-electron chi connectivity index (χ3n) is 2.04. The average molecular weight is 294 g/mol. The van der Waals surface area contributed by atoms with E-state index in [9.17, 15) is 0 Å². The molecule has 1 aromatic carbocycles. The van der Waals surface area contributed by atoms with Crippen LogP contribution in [0.2, 0.25) is 0 Å². The molecule has 2 rings (SSSR count). The second kappa shape index (κ2) is 5.68. The molecule has 0 bridgehead atoms. The van der Waals surface area contributed by atoms with Crippen LogP contribution < -0.4 is 9.47 Å². The Hall–Kier alpha value is -1.55. The summed E-state index contributed by atoms with van der Waals surface area (Å²) >= 11 is 3.32. The summed E-state index contributed by atoms with van der Waals surface area (Å²) in [7, 11) is 0. The lowest BCUT2D eigenvalue weighted by molar-refractivity contribution is 0.338. The number of rotatable bonds is 4. The Balaban J connectivity index is 2.12. The molecular formula is C13H12BrNO2. The Kier molecular flexibility index (Phi) is 3.98. The Morgan fingerprint density at radius 3 is 2.71 bits per heavy atom. The number of hydrogen-bond acceptors (Lipinski definition) is 3. The summed E-state index contributed by atoms with van der Waals surface area (Å²) in [4.78, 5) is 4.14. The maximum atomic E-state index is 5.61. The van der Waals surface area contributed by atoms with Gasteiger partial charge in [-0.3, -0.25) is 0 Å². The van der Waals surface area contributed by atoms with E-state index in [-0.39, 0.29) is 0 Å². The molecule has 0 saturated carbocycles. The summed E-state index contributed by atoms with van der Waals surface area (Å²) < 4.78 is 11.9. The minimum absolute atomic E-state index is 0.557. The molecule has 0 radical (unpaired) electrons. The first-order valence-electron chi connectivity index (χ1n) is 5.30. The van der Waals surface area contributed by atoms with Crippen LogP contribution in [0.3, 0.4) is 0 Å². The number of nitrogens with zero attached hydrogens (tertiary/aromatic N) is 1. The standard InChI is InChI=1S/C13H12BrNO2/c1-2-16-11-4-3-5-12(8-11)17-13-7-6-10(14)9-15-13/h3-9H,2H2,1H3. The number of ether oxygens (including phenoxy) is 2. The van der Waals surface area contributed by atoms with Gasteiger partial charge in [-0.15, -0.1) is 0 Å². The van der Waals surface area contributed by atoms with Gasteiger partial charge in [0.25, 0.3) is 0 Å². The van der Waals surface area contributed by atoms with Crippen molar-refractivity contribution in [1.29, 1.82) is 0 Å². The highest BCUT2D eigenvalue weighted by Gasteiger charge is 2.00. The van der Waals surface area contributed by atoms with Crippen LogP contribution in [0.15, 0.2) is 47.1 Å². The normalized spacial score (nSPS) is 10.0. The molecule has 0 aliphatic rings. The van der Waals surface area contributed by atoms with E-state index in [1.54, 1.807) is 12.3 Å². The Bertz CT molecular complexity index is 485. The third kappa shape index (κ3) is 3.46. The summed E-state index contributed by atoms with van der Waals surface area (Å²) in [6.07, 6.45) is 1.70. The fourth-order valence-electron chi connectivity index (χ4n) is 1.34. The molecule has 4 heteroatoms. The minimum atomic E-state index is 0.557. The van der Waals surface area contributed by atoms with E-state index in [0.29, 0.717) is 18.2 Å². The molecule has 0 saturated heterocycles. The van der Waals surface area contributed by atoms with Gasteiger partial charge in [-0.05, 0) is 41.1 Å². The van der Waals surface area contributed by atoms with Crippen LogP contribution in [-0.2, 0) is 0 Å². The summed E-state index contributed by atoms with van der Waals surface area (Å²) in [6, 6.07) is 11.2. The molecule has 2 aromatic rings. The van der Waals surface area contributed by atoms with Crippen LogP contribution in [0, 0.1) is 0 Å². The van der Waals surface area contributed by atoms with E-state index < -0.39 is 0 Å². The summed E-state index contributed by atoms with van der Waals surface area (Å²) in [6.45, 7) is 2.59. The molecule has 0 fully saturated rings. The molecule has 0 aliphatic heterocycles. The van der Waals surface area contributed by atoms with Crippen molar-refractivity contribution in [3.05, 3.63) is 47.1 Å². The number of aromatic nitrogens is 1. The maximum absolute atomic E-state index is 5.61. The SMILES string of the molecule is CCOc1cccc(Oc2ccc(Br)cn2)c1. The van der Waals surface area contributed by atoms with Gasteiger partial charge in [0.1, 0.15) is 11.5 Å². The van der Waals surface area contributed by atoms with Crippen molar-refractivity contribution < 1.29 is 9.47 Å². The zero-order valence-corrected chi connectivity index (χ0v) is 11.0. The van der Waals surface area contributed by atoms with Gasteiger partial charge < -0.3 is 9.47 Å². The molecule has 0 spiro atoms. The number of halogens is 1. The average Bonchev–Trinajstić information content (AvgIpc) is 2.33. The lowest BCUT2D eigenvalue weighted by atomic mass is 10.3. The first kappa shape index (κ1) is 11.9. The topological polar surface area (TPSA) is 31.4 Å². The maximum Gasteiger partial charge on any atom is 0.219 e. The van der Waals surface area contributed by atoms with Gasteiger partial charge in [-0.25, -0.2) is 4.98 Å². The van der Waals surface area contributed by atoms with E-state index in [1.165, 1.54) is 0 Å². The van der Waals surface area contributed by atoms with Crippen molar-refractivity contribution in [2.75, 3.05) is 6.61 Å². The minimum Gasteiger partial charge on any atom is -0.494 e. The first-order chi connectivity index (χ1) is 8.28. The van der Waals surface area contributed by atoms with Crippen LogP contribution in [-0.4, -0.2) is 11.6 Å². The number of hydrogen-bond donors (Lipinski definition) is 0. The van der Waals surface area contributed by atoms with Crippen molar-refractivity contribution >= 4 is 15.9 Å². The van der Waals surface area contributed by atoms with E-state index >= 15 is 0 Å². The van der Waals surface area contributed by atoms with Gasteiger partial charge in [0.05, 0.1) is 6.61 Å². The second-order valence-electron chi connectivity index (χ2n) is 3.32. The Morgan fingerprint density at radius 1 is 1.18 bits per heavy atom.